The average molecular weight is 288 g/mol. The van der Waals surface area contributed by atoms with E-state index < -0.39 is 10.0 Å². The highest BCUT2D eigenvalue weighted by atomic mass is 32.2. The summed E-state index contributed by atoms with van der Waals surface area (Å²) in [6, 6.07) is 11.6. The third kappa shape index (κ3) is 3.46. The normalized spacial score (nSPS) is 10.8. The molecule has 1 aromatic heterocycles. The third-order valence-corrected chi connectivity index (χ3v) is 3.78. The van der Waals surface area contributed by atoms with Gasteiger partial charge < -0.3 is 5.73 Å². The number of nitrogens with one attached hydrogen (secondary N) is 1. The molecule has 20 heavy (non-hydrogen) atoms. The first-order chi connectivity index (χ1) is 9.50. The summed E-state index contributed by atoms with van der Waals surface area (Å²) >= 11 is 0. The number of nitrogens with two attached hydrogens (primary N) is 1. The number of nitrogen functional groups attached to an aromatic ring is 1. The number of benzene rings is 1. The van der Waals surface area contributed by atoms with Crippen LogP contribution in [0.25, 0.3) is 0 Å². The van der Waals surface area contributed by atoms with Gasteiger partial charge in [-0.3, -0.25) is 4.72 Å². The molecule has 0 radical (unpaired) electrons. The standard InChI is InChI=1S/C13H12N4O2S/c14-7-10-3-1-2-4-11(10)9-20(18,19)17-12-5-6-13(15)16-8-12/h1-6,8,17H,9H2,(H2,15,16). The molecule has 0 atom stereocenters. The smallest absolute Gasteiger partial charge is 0.237 e. The van der Waals surface area contributed by atoms with Gasteiger partial charge in [0, 0.05) is 0 Å². The van der Waals surface area contributed by atoms with Crippen LogP contribution in [-0.2, 0) is 15.8 Å². The Balaban J connectivity index is 2.19. The van der Waals surface area contributed by atoms with Crippen LogP contribution in [0, 0.1) is 11.3 Å². The van der Waals surface area contributed by atoms with Gasteiger partial charge in [-0.1, -0.05) is 18.2 Å². The Morgan fingerprint density at radius 1 is 1.25 bits per heavy atom. The minimum Gasteiger partial charge on any atom is -0.384 e. The monoisotopic (exact) mass is 288 g/mol. The van der Waals surface area contributed by atoms with Crippen LogP contribution in [0.2, 0.25) is 0 Å². The number of nitrogens with zero attached hydrogens (tertiary/aromatic N) is 2. The van der Waals surface area contributed by atoms with E-state index in [4.69, 9.17) is 11.0 Å². The third-order valence-electron chi connectivity index (χ3n) is 2.54. The molecule has 0 aliphatic carbocycles. The molecular weight excluding hydrogens is 276 g/mol. The molecule has 3 N–H and O–H groups in total. The Morgan fingerprint density at radius 2 is 2.00 bits per heavy atom. The molecule has 2 rings (SSSR count). The SMILES string of the molecule is N#Cc1ccccc1CS(=O)(=O)Nc1ccc(N)nc1. The highest BCUT2D eigenvalue weighted by molar-refractivity contribution is 7.91. The number of pyridine rings is 1. The number of hydrogen-bond acceptors (Lipinski definition) is 5. The fraction of sp³-hybridized carbons (Fsp3) is 0.0769. The minimum absolute atomic E-state index is 0.277. The van der Waals surface area contributed by atoms with Gasteiger partial charge in [0.2, 0.25) is 10.0 Å². The molecule has 6 nitrogen and oxygen atoms in total. The summed E-state index contributed by atoms with van der Waals surface area (Å²) < 4.78 is 26.5. The lowest BCUT2D eigenvalue weighted by molar-refractivity contribution is 0.600. The van der Waals surface area contributed by atoms with Gasteiger partial charge in [-0.15, -0.1) is 0 Å². The van der Waals surface area contributed by atoms with Gasteiger partial charge in [-0.05, 0) is 23.8 Å². The first-order valence-corrected chi connectivity index (χ1v) is 7.35. The number of nitriles is 1. The van der Waals surface area contributed by atoms with E-state index in [-0.39, 0.29) is 5.75 Å². The lowest BCUT2D eigenvalue weighted by Crippen LogP contribution is -2.16. The largest absolute Gasteiger partial charge is 0.384 e. The summed E-state index contributed by atoms with van der Waals surface area (Å²) in [5.74, 6) is 0.0314. The predicted octanol–water partition coefficient (Wildman–Crippen LogP) is 1.48. The number of hydrogen-bond donors (Lipinski definition) is 2. The highest BCUT2D eigenvalue weighted by Gasteiger charge is 2.14. The van der Waals surface area contributed by atoms with E-state index in [0.717, 1.165) is 0 Å². The molecule has 0 bridgehead atoms. The number of sulfonamides is 1. The van der Waals surface area contributed by atoms with Crippen LogP contribution in [0.15, 0.2) is 42.6 Å². The molecule has 0 saturated heterocycles. The molecule has 2 aromatic rings. The molecule has 0 aliphatic heterocycles. The molecular formula is C13H12N4O2S. The van der Waals surface area contributed by atoms with E-state index in [1.54, 1.807) is 24.3 Å². The maximum atomic E-state index is 12.0. The van der Waals surface area contributed by atoms with E-state index in [1.165, 1.54) is 18.3 Å². The minimum atomic E-state index is -3.62. The second kappa shape index (κ2) is 5.59. The van der Waals surface area contributed by atoms with E-state index in [9.17, 15) is 8.42 Å². The second-order valence-electron chi connectivity index (χ2n) is 4.10. The molecule has 0 saturated carbocycles. The van der Waals surface area contributed by atoms with Crippen molar-refractivity contribution in [3.05, 3.63) is 53.7 Å². The lowest BCUT2D eigenvalue weighted by atomic mass is 10.1. The highest BCUT2D eigenvalue weighted by Crippen LogP contribution is 2.15. The Hall–Kier alpha value is -2.59. The first-order valence-electron chi connectivity index (χ1n) is 5.70. The van der Waals surface area contributed by atoms with Crippen LogP contribution in [0.1, 0.15) is 11.1 Å². The van der Waals surface area contributed by atoms with Crippen molar-refractivity contribution in [1.82, 2.24) is 4.98 Å². The number of aromatic nitrogens is 1. The Kier molecular flexibility index (Phi) is 3.86. The van der Waals surface area contributed by atoms with Gasteiger partial charge in [0.15, 0.2) is 0 Å². The van der Waals surface area contributed by atoms with Crippen molar-refractivity contribution < 1.29 is 8.42 Å². The molecule has 102 valence electrons. The lowest BCUT2D eigenvalue weighted by Gasteiger charge is -2.08. The molecule has 1 aromatic carbocycles. The fourth-order valence-electron chi connectivity index (χ4n) is 1.64. The van der Waals surface area contributed by atoms with Crippen molar-refractivity contribution in [2.45, 2.75) is 5.75 Å². The average Bonchev–Trinajstić information content (AvgIpc) is 2.41. The maximum absolute atomic E-state index is 12.0. The van der Waals surface area contributed by atoms with Crippen molar-refractivity contribution in [3.8, 4) is 6.07 Å². The Morgan fingerprint density at radius 3 is 2.65 bits per heavy atom. The van der Waals surface area contributed by atoms with Crippen LogP contribution in [-0.4, -0.2) is 13.4 Å². The van der Waals surface area contributed by atoms with Crippen molar-refractivity contribution in [1.29, 1.82) is 5.26 Å². The molecule has 0 aliphatic rings. The van der Waals surface area contributed by atoms with E-state index in [2.05, 4.69) is 9.71 Å². The molecule has 0 fully saturated rings. The summed E-state index contributed by atoms with van der Waals surface area (Å²) in [5, 5.41) is 8.95. The Bertz CT molecular complexity index is 749. The van der Waals surface area contributed by atoms with Gasteiger partial charge in [0.1, 0.15) is 5.82 Å². The van der Waals surface area contributed by atoms with E-state index >= 15 is 0 Å². The molecule has 1 heterocycles. The van der Waals surface area contributed by atoms with Crippen molar-refractivity contribution >= 4 is 21.5 Å². The number of rotatable bonds is 4. The first kappa shape index (κ1) is 13.8. The van der Waals surface area contributed by atoms with Crippen LogP contribution in [0.3, 0.4) is 0 Å². The van der Waals surface area contributed by atoms with Gasteiger partial charge in [0.05, 0.1) is 29.3 Å². The maximum Gasteiger partial charge on any atom is 0.237 e. The summed E-state index contributed by atoms with van der Waals surface area (Å²) in [6.07, 6.45) is 1.34. The summed E-state index contributed by atoms with van der Waals surface area (Å²) in [7, 11) is -3.62. The quantitative estimate of drug-likeness (QED) is 0.885. The number of anilines is 2. The summed E-state index contributed by atoms with van der Waals surface area (Å²) in [5.41, 5.74) is 6.55. The molecule has 0 unspecified atom stereocenters. The van der Waals surface area contributed by atoms with Gasteiger partial charge in [0.25, 0.3) is 0 Å². The van der Waals surface area contributed by atoms with Crippen molar-refractivity contribution in [2.75, 3.05) is 10.5 Å². The Labute approximate surface area is 116 Å². The van der Waals surface area contributed by atoms with Crippen LogP contribution >= 0.6 is 0 Å². The van der Waals surface area contributed by atoms with Crippen LogP contribution < -0.4 is 10.5 Å². The predicted molar refractivity (Wildman–Crippen MR) is 76.1 cm³/mol. The summed E-state index contributed by atoms with van der Waals surface area (Å²) in [6.45, 7) is 0. The zero-order valence-electron chi connectivity index (χ0n) is 10.4. The molecule has 7 heteroatoms. The fourth-order valence-corrected chi connectivity index (χ4v) is 2.85. The second-order valence-corrected chi connectivity index (χ2v) is 5.82. The van der Waals surface area contributed by atoms with Crippen molar-refractivity contribution in [3.63, 3.8) is 0 Å². The van der Waals surface area contributed by atoms with Gasteiger partial charge in [-0.25, -0.2) is 13.4 Å². The van der Waals surface area contributed by atoms with Gasteiger partial charge in [-0.2, -0.15) is 5.26 Å². The van der Waals surface area contributed by atoms with Crippen molar-refractivity contribution in [2.24, 2.45) is 0 Å². The zero-order valence-corrected chi connectivity index (χ0v) is 11.3. The van der Waals surface area contributed by atoms with Crippen LogP contribution in [0.4, 0.5) is 11.5 Å². The van der Waals surface area contributed by atoms with Gasteiger partial charge >= 0.3 is 0 Å². The molecule has 0 amide bonds. The zero-order chi connectivity index (χ0) is 14.6. The summed E-state index contributed by atoms with van der Waals surface area (Å²) in [4.78, 5) is 3.80. The van der Waals surface area contributed by atoms with E-state index in [0.29, 0.717) is 22.6 Å². The van der Waals surface area contributed by atoms with E-state index in [1.807, 2.05) is 6.07 Å². The molecule has 0 spiro atoms. The topological polar surface area (TPSA) is 109 Å². The van der Waals surface area contributed by atoms with Crippen LogP contribution in [0.5, 0.6) is 0 Å².